The minimum Gasteiger partial charge on any atom is -0.452 e. The molecule has 3 heteroatoms. The molecule has 1 heterocycles. The summed E-state index contributed by atoms with van der Waals surface area (Å²) in [5.74, 6) is 0. The van der Waals surface area contributed by atoms with Crippen LogP contribution in [0.5, 0.6) is 0 Å². The zero-order valence-corrected chi connectivity index (χ0v) is 8.12. The summed E-state index contributed by atoms with van der Waals surface area (Å²) in [5.41, 5.74) is 0.945. The summed E-state index contributed by atoms with van der Waals surface area (Å²) in [4.78, 5) is 12.9. The predicted molar refractivity (Wildman–Crippen MR) is 51.2 cm³/mol. The van der Waals surface area contributed by atoms with Crippen molar-refractivity contribution in [2.75, 3.05) is 13.7 Å². The molecule has 0 aromatic rings. The van der Waals surface area contributed by atoms with E-state index in [0.29, 0.717) is 0 Å². The van der Waals surface area contributed by atoms with Crippen LogP contribution in [0.1, 0.15) is 19.8 Å². The average Bonchev–Trinajstić information content (AvgIpc) is 2.18. The fraction of sp³-hybridized carbons (Fsp3) is 0.500. The van der Waals surface area contributed by atoms with E-state index in [1.54, 1.807) is 4.90 Å². The molecule has 1 aliphatic heterocycles. The van der Waals surface area contributed by atoms with Crippen molar-refractivity contribution < 1.29 is 9.53 Å². The summed E-state index contributed by atoms with van der Waals surface area (Å²) in [6.45, 7) is 2.69. The lowest BCUT2D eigenvalue weighted by Crippen LogP contribution is -2.32. The lowest BCUT2D eigenvalue weighted by atomic mass is 10.1. The van der Waals surface area contributed by atoms with Crippen molar-refractivity contribution in [3.05, 3.63) is 23.9 Å². The van der Waals surface area contributed by atoms with Crippen molar-refractivity contribution in [2.45, 2.75) is 19.8 Å². The first-order valence-electron chi connectivity index (χ1n) is 4.48. The number of carbonyl (C=O) groups excluding carboxylic acids is 1. The molecule has 0 saturated carbocycles. The van der Waals surface area contributed by atoms with Crippen LogP contribution in [0.25, 0.3) is 0 Å². The second-order valence-corrected chi connectivity index (χ2v) is 2.89. The maximum atomic E-state index is 11.3. The van der Waals surface area contributed by atoms with E-state index in [1.165, 1.54) is 7.11 Å². The first kappa shape index (κ1) is 9.84. The quantitative estimate of drug-likeness (QED) is 0.621. The first-order chi connectivity index (χ1) is 6.29. The Kier molecular flexibility index (Phi) is 3.55. The topological polar surface area (TPSA) is 29.5 Å². The Morgan fingerprint density at radius 3 is 3.08 bits per heavy atom. The summed E-state index contributed by atoms with van der Waals surface area (Å²) < 4.78 is 4.68. The minimum atomic E-state index is -0.274. The Morgan fingerprint density at radius 2 is 2.46 bits per heavy atom. The summed E-state index contributed by atoms with van der Waals surface area (Å²) in [6.07, 6.45) is 7.68. The van der Waals surface area contributed by atoms with Crippen LogP contribution >= 0.6 is 0 Å². The molecular formula is C10H15NO2. The highest BCUT2D eigenvalue weighted by Crippen LogP contribution is 2.16. The standard InChI is InChI=1S/C10H15NO2/c1-3-6-9-7-4-5-8-11(9)10(12)13-2/h3,6-7H,4-5,8H2,1-2H3/b6-3+. The zero-order valence-electron chi connectivity index (χ0n) is 8.12. The lowest BCUT2D eigenvalue weighted by molar-refractivity contribution is 0.135. The SMILES string of the molecule is C/C=C/C1=CCCCN1C(=O)OC. The fourth-order valence-corrected chi connectivity index (χ4v) is 1.37. The largest absolute Gasteiger partial charge is 0.452 e. The van der Waals surface area contributed by atoms with Crippen molar-refractivity contribution in [3.8, 4) is 0 Å². The second-order valence-electron chi connectivity index (χ2n) is 2.89. The third-order valence-electron chi connectivity index (χ3n) is 1.98. The van der Waals surface area contributed by atoms with Crippen LogP contribution < -0.4 is 0 Å². The summed E-state index contributed by atoms with van der Waals surface area (Å²) in [5, 5.41) is 0. The molecule has 0 spiro atoms. The van der Waals surface area contributed by atoms with Gasteiger partial charge >= 0.3 is 6.09 Å². The fourth-order valence-electron chi connectivity index (χ4n) is 1.37. The number of nitrogens with zero attached hydrogens (tertiary/aromatic N) is 1. The van der Waals surface area contributed by atoms with Crippen molar-refractivity contribution in [1.29, 1.82) is 0 Å². The van der Waals surface area contributed by atoms with Gasteiger partial charge in [0.05, 0.1) is 7.11 Å². The van der Waals surface area contributed by atoms with Crippen molar-refractivity contribution >= 4 is 6.09 Å². The molecule has 0 N–H and O–H groups in total. The lowest BCUT2D eigenvalue weighted by Gasteiger charge is -2.25. The molecule has 0 aliphatic carbocycles. The molecule has 1 amide bonds. The molecule has 0 bridgehead atoms. The van der Waals surface area contributed by atoms with E-state index in [4.69, 9.17) is 0 Å². The summed E-state index contributed by atoms with van der Waals surface area (Å²) >= 11 is 0. The van der Waals surface area contributed by atoms with E-state index in [9.17, 15) is 4.79 Å². The predicted octanol–water partition coefficient (Wildman–Crippen LogP) is 2.31. The van der Waals surface area contributed by atoms with Crippen molar-refractivity contribution in [2.24, 2.45) is 0 Å². The van der Waals surface area contributed by atoms with Crippen LogP contribution in [0.3, 0.4) is 0 Å². The van der Waals surface area contributed by atoms with Crippen LogP contribution in [-0.4, -0.2) is 24.6 Å². The van der Waals surface area contributed by atoms with E-state index in [2.05, 4.69) is 10.8 Å². The Balaban J connectivity index is 2.76. The number of hydrogen-bond acceptors (Lipinski definition) is 2. The Hall–Kier alpha value is -1.25. The molecule has 1 rings (SSSR count). The Morgan fingerprint density at radius 1 is 1.69 bits per heavy atom. The Bertz CT molecular complexity index is 243. The van der Waals surface area contributed by atoms with Gasteiger partial charge in [-0.2, -0.15) is 0 Å². The number of methoxy groups -OCH3 is 1. The van der Waals surface area contributed by atoms with Gasteiger partial charge in [0.2, 0.25) is 0 Å². The highest BCUT2D eigenvalue weighted by Gasteiger charge is 2.18. The second kappa shape index (κ2) is 4.70. The monoisotopic (exact) mass is 181 g/mol. The van der Waals surface area contributed by atoms with E-state index in [1.807, 2.05) is 19.1 Å². The third kappa shape index (κ3) is 2.34. The number of hydrogen-bond donors (Lipinski definition) is 0. The third-order valence-corrected chi connectivity index (χ3v) is 1.98. The molecular weight excluding hydrogens is 166 g/mol. The molecule has 13 heavy (non-hydrogen) atoms. The van der Waals surface area contributed by atoms with Gasteiger partial charge < -0.3 is 4.74 Å². The van der Waals surface area contributed by atoms with Crippen LogP contribution in [-0.2, 0) is 4.74 Å². The van der Waals surface area contributed by atoms with Gasteiger partial charge in [0.15, 0.2) is 0 Å². The van der Waals surface area contributed by atoms with Gasteiger partial charge in [-0.25, -0.2) is 4.79 Å². The van der Waals surface area contributed by atoms with Crippen LogP contribution in [0, 0.1) is 0 Å². The number of rotatable bonds is 1. The Labute approximate surface area is 78.7 Å². The highest BCUT2D eigenvalue weighted by atomic mass is 16.5. The van der Waals surface area contributed by atoms with Gasteiger partial charge in [0.1, 0.15) is 0 Å². The van der Waals surface area contributed by atoms with Crippen LogP contribution in [0.4, 0.5) is 4.79 Å². The molecule has 0 atom stereocenters. The molecule has 0 aromatic heterocycles. The van der Waals surface area contributed by atoms with Crippen LogP contribution in [0.15, 0.2) is 23.9 Å². The molecule has 3 nitrogen and oxygen atoms in total. The van der Waals surface area contributed by atoms with Gasteiger partial charge in [-0.15, -0.1) is 0 Å². The molecule has 0 saturated heterocycles. The number of amides is 1. The van der Waals surface area contributed by atoms with E-state index >= 15 is 0 Å². The maximum Gasteiger partial charge on any atom is 0.413 e. The number of ether oxygens (including phenoxy) is 1. The van der Waals surface area contributed by atoms with Crippen molar-refractivity contribution in [3.63, 3.8) is 0 Å². The summed E-state index contributed by atoms with van der Waals surface area (Å²) in [7, 11) is 1.41. The number of carbonyl (C=O) groups is 1. The van der Waals surface area contributed by atoms with Gasteiger partial charge in [0, 0.05) is 12.2 Å². The van der Waals surface area contributed by atoms with Gasteiger partial charge in [-0.05, 0) is 25.8 Å². The van der Waals surface area contributed by atoms with Gasteiger partial charge in [-0.3, -0.25) is 4.90 Å². The number of allylic oxidation sites excluding steroid dienone is 3. The summed E-state index contributed by atoms with van der Waals surface area (Å²) in [6, 6.07) is 0. The van der Waals surface area contributed by atoms with E-state index < -0.39 is 0 Å². The normalized spacial score (nSPS) is 17.4. The van der Waals surface area contributed by atoms with E-state index in [-0.39, 0.29) is 6.09 Å². The van der Waals surface area contributed by atoms with Crippen LogP contribution in [0.2, 0.25) is 0 Å². The molecule has 0 fully saturated rings. The smallest absolute Gasteiger partial charge is 0.413 e. The molecule has 1 aliphatic rings. The molecule has 72 valence electrons. The minimum absolute atomic E-state index is 0.274. The zero-order chi connectivity index (χ0) is 9.68. The van der Waals surface area contributed by atoms with Gasteiger partial charge in [-0.1, -0.05) is 12.2 Å². The maximum absolute atomic E-state index is 11.3. The highest BCUT2D eigenvalue weighted by molar-refractivity contribution is 5.70. The average molecular weight is 181 g/mol. The molecule has 0 radical (unpaired) electrons. The first-order valence-corrected chi connectivity index (χ1v) is 4.48. The van der Waals surface area contributed by atoms with Gasteiger partial charge in [0.25, 0.3) is 0 Å². The van der Waals surface area contributed by atoms with Crippen molar-refractivity contribution in [1.82, 2.24) is 4.90 Å². The van der Waals surface area contributed by atoms with E-state index in [0.717, 1.165) is 25.1 Å². The molecule has 0 aromatic carbocycles. The molecule has 0 unspecified atom stereocenters.